The average Bonchev–Trinajstić information content (AvgIpc) is 3.08. The molecule has 2 aromatic rings. The predicted octanol–water partition coefficient (Wildman–Crippen LogP) is 1.32. The largest absolute Gasteiger partial charge is 0.316 e. The Labute approximate surface area is 128 Å². The number of thiazole rings is 1. The summed E-state index contributed by atoms with van der Waals surface area (Å²) in [6.07, 6.45) is 2.29. The molecule has 2 rings (SSSR count). The van der Waals surface area contributed by atoms with Crippen LogP contribution < -0.4 is 10.0 Å². The molecule has 0 amide bonds. The number of nitrogens with zero attached hydrogens (tertiary/aromatic N) is 2. The zero-order valence-corrected chi connectivity index (χ0v) is 13.8. The number of hydrogen-bond donors (Lipinski definition) is 3. The summed E-state index contributed by atoms with van der Waals surface area (Å²) >= 11 is 1.43. The number of aromatic amines is 1. The summed E-state index contributed by atoms with van der Waals surface area (Å²) in [6.45, 7) is 4.16. The Morgan fingerprint density at radius 3 is 2.81 bits per heavy atom. The molecule has 9 heteroatoms. The first-order valence-corrected chi connectivity index (χ1v) is 8.96. The minimum Gasteiger partial charge on any atom is -0.316 e. The fourth-order valence-corrected chi connectivity index (χ4v) is 4.32. The van der Waals surface area contributed by atoms with Crippen molar-refractivity contribution >= 4 is 21.4 Å². The fourth-order valence-electron chi connectivity index (χ4n) is 2.00. The summed E-state index contributed by atoms with van der Waals surface area (Å²) < 4.78 is 27.8. The van der Waals surface area contributed by atoms with Crippen LogP contribution in [0.5, 0.6) is 0 Å². The molecule has 0 aliphatic heterocycles. The Balaban J connectivity index is 2.30. The van der Waals surface area contributed by atoms with E-state index in [1.54, 1.807) is 20.2 Å². The lowest BCUT2D eigenvalue weighted by Crippen LogP contribution is -2.29. The van der Waals surface area contributed by atoms with Crippen molar-refractivity contribution in [3.05, 3.63) is 27.8 Å². The van der Waals surface area contributed by atoms with Gasteiger partial charge in [-0.05, 0) is 20.4 Å². The molecule has 0 saturated carbocycles. The van der Waals surface area contributed by atoms with Gasteiger partial charge in [-0.15, -0.1) is 11.3 Å². The van der Waals surface area contributed by atoms with E-state index in [1.807, 2.05) is 12.3 Å². The van der Waals surface area contributed by atoms with Crippen molar-refractivity contribution < 1.29 is 8.42 Å². The van der Waals surface area contributed by atoms with Crippen LogP contribution >= 0.6 is 11.3 Å². The van der Waals surface area contributed by atoms with Crippen molar-refractivity contribution in [3.8, 4) is 0 Å². The predicted molar refractivity (Wildman–Crippen MR) is 81.6 cm³/mol. The van der Waals surface area contributed by atoms with Crippen LogP contribution in [0.2, 0.25) is 0 Å². The molecule has 0 bridgehead atoms. The maximum atomic E-state index is 12.6. The molecule has 116 valence electrons. The van der Waals surface area contributed by atoms with Crippen LogP contribution in [-0.2, 0) is 16.6 Å². The fraction of sp³-hybridized carbons (Fsp3) is 0.500. The van der Waals surface area contributed by atoms with Crippen LogP contribution in [0.3, 0.4) is 0 Å². The van der Waals surface area contributed by atoms with Crippen LogP contribution in [0, 0.1) is 6.92 Å². The molecule has 0 aliphatic rings. The van der Waals surface area contributed by atoms with Gasteiger partial charge in [-0.1, -0.05) is 6.92 Å². The van der Waals surface area contributed by atoms with Gasteiger partial charge in [-0.2, -0.15) is 9.82 Å². The van der Waals surface area contributed by atoms with Gasteiger partial charge in [0.05, 0.1) is 6.04 Å². The molecule has 21 heavy (non-hydrogen) atoms. The minimum absolute atomic E-state index is 0.0457. The third-order valence-corrected chi connectivity index (χ3v) is 5.43. The van der Waals surface area contributed by atoms with Gasteiger partial charge < -0.3 is 5.32 Å². The highest BCUT2D eigenvalue weighted by atomic mass is 32.2. The van der Waals surface area contributed by atoms with Gasteiger partial charge in [0.1, 0.15) is 5.01 Å². The summed E-state index contributed by atoms with van der Waals surface area (Å²) in [6, 6.07) is -0.338. The molecule has 1 atom stereocenters. The topological polar surface area (TPSA) is 99.8 Å². The van der Waals surface area contributed by atoms with Gasteiger partial charge in [-0.3, -0.25) is 5.10 Å². The van der Waals surface area contributed by atoms with Gasteiger partial charge in [0.2, 0.25) is 0 Å². The Morgan fingerprint density at radius 2 is 2.24 bits per heavy atom. The zero-order chi connectivity index (χ0) is 15.5. The van der Waals surface area contributed by atoms with E-state index in [1.165, 1.54) is 11.3 Å². The molecule has 0 aromatic carbocycles. The second kappa shape index (κ2) is 6.65. The average molecular weight is 329 g/mol. The number of H-pyrrole nitrogens is 1. The van der Waals surface area contributed by atoms with E-state index in [4.69, 9.17) is 0 Å². The lowest BCUT2D eigenvalue weighted by atomic mass is 10.2. The molecule has 0 radical (unpaired) electrons. The number of hydrogen-bond acceptors (Lipinski definition) is 6. The molecule has 0 saturated heterocycles. The summed E-state index contributed by atoms with van der Waals surface area (Å²) in [5.74, 6) is 0. The van der Waals surface area contributed by atoms with Crippen LogP contribution in [-0.4, -0.2) is 30.6 Å². The van der Waals surface area contributed by atoms with E-state index in [2.05, 4.69) is 25.2 Å². The van der Waals surface area contributed by atoms with Crippen molar-refractivity contribution in [1.82, 2.24) is 25.2 Å². The Hall–Kier alpha value is -1.29. The highest BCUT2D eigenvalue weighted by Gasteiger charge is 2.27. The molecular formula is C12H19N5O2S2. The van der Waals surface area contributed by atoms with Crippen molar-refractivity contribution in [2.75, 3.05) is 7.05 Å². The van der Waals surface area contributed by atoms with Gasteiger partial charge in [0.25, 0.3) is 10.0 Å². The molecule has 1 unspecified atom stereocenters. The molecule has 0 fully saturated rings. The monoisotopic (exact) mass is 329 g/mol. The number of aryl methyl sites for hydroxylation is 1. The maximum absolute atomic E-state index is 12.6. The summed E-state index contributed by atoms with van der Waals surface area (Å²) in [7, 11) is -1.93. The van der Waals surface area contributed by atoms with Gasteiger partial charge in [0, 0.05) is 29.4 Å². The Bertz CT molecular complexity index is 679. The van der Waals surface area contributed by atoms with E-state index in [-0.39, 0.29) is 11.1 Å². The second-order valence-corrected chi connectivity index (χ2v) is 7.17. The molecule has 3 N–H and O–H groups in total. The Kier molecular flexibility index (Phi) is 5.09. The van der Waals surface area contributed by atoms with E-state index in [9.17, 15) is 8.42 Å². The van der Waals surface area contributed by atoms with Gasteiger partial charge >= 0.3 is 0 Å². The number of rotatable bonds is 7. The van der Waals surface area contributed by atoms with Crippen molar-refractivity contribution in [1.29, 1.82) is 0 Å². The first kappa shape index (κ1) is 16.1. The van der Waals surface area contributed by atoms with E-state index >= 15 is 0 Å². The number of aromatic nitrogens is 3. The highest BCUT2D eigenvalue weighted by Crippen LogP contribution is 2.23. The number of nitrogens with one attached hydrogen (secondary N) is 3. The van der Waals surface area contributed by atoms with E-state index in [0.717, 1.165) is 10.7 Å². The molecule has 0 spiro atoms. The summed E-state index contributed by atoms with van der Waals surface area (Å²) in [4.78, 5) is 4.18. The first-order chi connectivity index (χ1) is 9.99. The lowest BCUT2D eigenvalue weighted by molar-refractivity contribution is 0.543. The smallest absolute Gasteiger partial charge is 0.260 e. The maximum Gasteiger partial charge on any atom is 0.260 e. The van der Waals surface area contributed by atoms with Crippen LogP contribution in [0.1, 0.15) is 35.7 Å². The van der Waals surface area contributed by atoms with Crippen LogP contribution in [0.4, 0.5) is 0 Å². The van der Waals surface area contributed by atoms with Crippen molar-refractivity contribution in [3.63, 3.8) is 0 Å². The number of sulfonamides is 1. The highest BCUT2D eigenvalue weighted by molar-refractivity contribution is 7.89. The first-order valence-electron chi connectivity index (χ1n) is 6.59. The summed E-state index contributed by atoms with van der Waals surface area (Å²) in [5, 5.41) is 12.3. The van der Waals surface area contributed by atoms with Crippen molar-refractivity contribution in [2.45, 2.75) is 37.9 Å². The van der Waals surface area contributed by atoms with E-state index < -0.39 is 10.0 Å². The summed E-state index contributed by atoms with van der Waals surface area (Å²) in [5.41, 5.74) is 1.39. The SMILES string of the molecule is CCC(NS(=O)(=O)c1n[nH]c(C)c1CNC)c1nccs1. The molecule has 0 aliphatic carbocycles. The third kappa shape index (κ3) is 3.49. The quantitative estimate of drug-likeness (QED) is 0.711. The lowest BCUT2D eigenvalue weighted by Gasteiger charge is -2.14. The second-order valence-electron chi connectivity index (χ2n) is 4.62. The normalized spacial score (nSPS) is 13.5. The van der Waals surface area contributed by atoms with Gasteiger partial charge in [0.15, 0.2) is 5.03 Å². The van der Waals surface area contributed by atoms with Crippen LogP contribution in [0.25, 0.3) is 0 Å². The van der Waals surface area contributed by atoms with E-state index in [0.29, 0.717) is 18.5 Å². The molecule has 2 aromatic heterocycles. The molecule has 2 heterocycles. The molecular weight excluding hydrogens is 310 g/mol. The minimum atomic E-state index is -3.70. The zero-order valence-electron chi connectivity index (χ0n) is 12.2. The van der Waals surface area contributed by atoms with Crippen molar-refractivity contribution in [2.24, 2.45) is 0 Å². The third-order valence-electron chi connectivity index (χ3n) is 3.10. The van der Waals surface area contributed by atoms with Gasteiger partial charge in [-0.25, -0.2) is 13.4 Å². The van der Waals surface area contributed by atoms with Crippen LogP contribution in [0.15, 0.2) is 16.6 Å². The molecule has 7 nitrogen and oxygen atoms in total. The Morgan fingerprint density at radius 1 is 1.48 bits per heavy atom. The standard InChI is InChI=1S/C12H19N5O2S2/c1-4-10(11-14-5-6-20-11)17-21(18,19)12-9(7-13-3)8(2)15-16-12/h5-6,10,13,17H,4,7H2,1-3H3,(H,15,16).